The molecule has 0 saturated heterocycles. The third-order valence-electron chi connectivity index (χ3n) is 3.88. The maximum atomic E-state index is 12.1. The molecule has 0 aliphatic rings. The van der Waals surface area contributed by atoms with Crippen LogP contribution >= 0.6 is 24.0 Å². The van der Waals surface area contributed by atoms with Crippen molar-refractivity contribution in [3.05, 3.63) is 65.7 Å². The lowest BCUT2D eigenvalue weighted by atomic mass is 10.1. The van der Waals surface area contributed by atoms with Crippen LogP contribution in [0.5, 0.6) is 5.75 Å². The van der Waals surface area contributed by atoms with Gasteiger partial charge in [-0.2, -0.15) is 0 Å². The first-order chi connectivity index (χ1) is 12.7. The minimum absolute atomic E-state index is 0. The summed E-state index contributed by atoms with van der Waals surface area (Å²) in [5.74, 6) is 2.78. The van der Waals surface area contributed by atoms with Gasteiger partial charge in [-0.25, -0.2) is 0 Å². The number of nitrogens with one attached hydrogen (secondary N) is 2. The summed E-state index contributed by atoms with van der Waals surface area (Å²) in [7, 11) is 2.52. The Morgan fingerprint density at radius 1 is 1.00 bits per heavy atom. The summed E-state index contributed by atoms with van der Waals surface area (Å²) in [4.78, 5) is 4.20. The molecule has 2 N–H and O–H groups in total. The van der Waals surface area contributed by atoms with Crippen molar-refractivity contribution in [2.24, 2.45) is 4.99 Å². The van der Waals surface area contributed by atoms with Crippen LogP contribution in [0.15, 0.2) is 59.6 Å². The fourth-order valence-corrected chi connectivity index (χ4v) is 3.49. The lowest BCUT2D eigenvalue weighted by Crippen LogP contribution is -2.40. The van der Waals surface area contributed by atoms with Crippen LogP contribution in [0.2, 0.25) is 0 Å². The number of ether oxygens (including phenoxy) is 1. The molecule has 1 atom stereocenters. The second-order valence-corrected chi connectivity index (χ2v) is 7.37. The molecule has 0 radical (unpaired) electrons. The van der Waals surface area contributed by atoms with Gasteiger partial charge in [-0.1, -0.05) is 42.5 Å². The Hall–Kier alpha value is -1.61. The second-order valence-electron chi connectivity index (χ2n) is 5.80. The number of hydrogen-bond acceptors (Lipinski definition) is 3. The normalized spacial score (nSPS) is 12.0. The Labute approximate surface area is 181 Å². The average Bonchev–Trinajstić information content (AvgIpc) is 2.68. The van der Waals surface area contributed by atoms with E-state index in [-0.39, 0.29) is 24.0 Å². The molecule has 0 heterocycles. The van der Waals surface area contributed by atoms with E-state index < -0.39 is 10.8 Å². The molecule has 0 saturated carbocycles. The van der Waals surface area contributed by atoms with Crippen LogP contribution in [0.1, 0.15) is 11.1 Å². The molecule has 0 amide bonds. The van der Waals surface area contributed by atoms with Gasteiger partial charge in [0.25, 0.3) is 0 Å². The van der Waals surface area contributed by atoms with E-state index in [9.17, 15) is 4.21 Å². The summed E-state index contributed by atoms with van der Waals surface area (Å²) in [6, 6.07) is 18.0. The minimum atomic E-state index is -0.885. The Morgan fingerprint density at radius 2 is 1.67 bits per heavy atom. The van der Waals surface area contributed by atoms with Crippen LogP contribution < -0.4 is 15.4 Å². The van der Waals surface area contributed by atoms with Gasteiger partial charge in [0, 0.05) is 42.4 Å². The van der Waals surface area contributed by atoms with Gasteiger partial charge in [0.05, 0.1) is 7.11 Å². The number of guanidine groups is 1. The molecule has 5 nitrogen and oxygen atoms in total. The molecule has 148 valence electrons. The van der Waals surface area contributed by atoms with E-state index in [1.54, 1.807) is 14.2 Å². The van der Waals surface area contributed by atoms with Gasteiger partial charge in [-0.05, 0) is 29.7 Å². The Morgan fingerprint density at radius 3 is 2.30 bits per heavy atom. The van der Waals surface area contributed by atoms with E-state index in [1.807, 2.05) is 42.5 Å². The number of nitrogens with zero attached hydrogens (tertiary/aromatic N) is 1. The summed E-state index contributed by atoms with van der Waals surface area (Å²) in [5.41, 5.74) is 2.34. The fourth-order valence-electron chi connectivity index (χ4n) is 2.45. The summed E-state index contributed by atoms with van der Waals surface area (Å²) < 4.78 is 17.3. The molecule has 0 fully saturated rings. The van der Waals surface area contributed by atoms with Crippen molar-refractivity contribution in [3.63, 3.8) is 0 Å². The van der Waals surface area contributed by atoms with E-state index in [4.69, 9.17) is 4.74 Å². The zero-order valence-electron chi connectivity index (χ0n) is 15.8. The van der Waals surface area contributed by atoms with Gasteiger partial charge in [-0.3, -0.25) is 9.20 Å². The molecule has 0 aliphatic heterocycles. The fraction of sp³-hybridized carbons (Fsp3) is 0.350. The molecule has 0 bridgehead atoms. The van der Waals surface area contributed by atoms with Crippen molar-refractivity contribution in [1.82, 2.24) is 10.6 Å². The van der Waals surface area contributed by atoms with E-state index in [0.29, 0.717) is 18.1 Å². The predicted octanol–water partition coefficient (Wildman–Crippen LogP) is 2.97. The van der Waals surface area contributed by atoms with E-state index in [0.717, 1.165) is 30.2 Å². The maximum Gasteiger partial charge on any atom is 0.191 e. The van der Waals surface area contributed by atoms with Crippen LogP contribution in [-0.4, -0.2) is 43.2 Å². The SMILES string of the molecule is CN=C(NCCc1ccc(OC)cc1)NCCS(=O)Cc1ccccc1.I. The Kier molecular flexibility index (Phi) is 11.8. The van der Waals surface area contributed by atoms with E-state index in [1.165, 1.54) is 5.56 Å². The lowest BCUT2D eigenvalue weighted by molar-refractivity contribution is 0.414. The van der Waals surface area contributed by atoms with Gasteiger partial charge in [-0.15, -0.1) is 24.0 Å². The highest BCUT2D eigenvalue weighted by atomic mass is 127. The van der Waals surface area contributed by atoms with Crippen LogP contribution in [0.3, 0.4) is 0 Å². The summed E-state index contributed by atoms with van der Waals surface area (Å²) in [5, 5.41) is 6.50. The highest BCUT2D eigenvalue weighted by Crippen LogP contribution is 2.11. The van der Waals surface area contributed by atoms with Crippen molar-refractivity contribution < 1.29 is 8.95 Å². The zero-order chi connectivity index (χ0) is 18.6. The molecule has 7 heteroatoms. The number of aliphatic imine (C=N–C) groups is 1. The molecular formula is C20H28IN3O2S. The molecule has 2 aromatic rings. The highest BCUT2D eigenvalue weighted by molar-refractivity contribution is 14.0. The molecule has 2 rings (SSSR count). The number of methoxy groups -OCH3 is 1. The predicted molar refractivity (Wildman–Crippen MR) is 125 cm³/mol. The Balaban J connectivity index is 0.00000364. The van der Waals surface area contributed by atoms with Crippen LogP contribution in [-0.2, 0) is 23.0 Å². The van der Waals surface area contributed by atoms with Gasteiger partial charge < -0.3 is 15.4 Å². The minimum Gasteiger partial charge on any atom is -0.497 e. The van der Waals surface area contributed by atoms with E-state index in [2.05, 4.69) is 27.8 Å². The summed E-state index contributed by atoms with van der Waals surface area (Å²) in [6.07, 6.45) is 0.893. The number of rotatable bonds is 9. The molecule has 1 unspecified atom stereocenters. The third-order valence-corrected chi connectivity index (χ3v) is 5.20. The molecule has 0 spiro atoms. The zero-order valence-corrected chi connectivity index (χ0v) is 19.0. The first kappa shape index (κ1) is 23.4. The van der Waals surface area contributed by atoms with Crippen LogP contribution in [0.4, 0.5) is 0 Å². The third kappa shape index (κ3) is 9.23. The first-order valence-electron chi connectivity index (χ1n) is 8.67. The van der Waals surface area contributed by atoms with Gasteiger partial charge in [0.2, 0.25) is 0 Å². The standard InChI is InChI=1S/C20H27N3O2S.HI/c1-21-20(22-13-12-17-8-10-19(25-2)11-9-17)23-14-15-26(24)16-18-6-4-3-5-7-18;/h3-11H,12-16H2,1-2H3,(H2,21,22,23);1H. The van der Waals surface area contributed by atoms with Crippen molar-refractivity contribution in [3.8, 4) is 5.75 Å². The van der Waals surface area contributed by atoms with Gasteiger partial charge in [0.15, 0.2) is 5.96 Å². The van der Waals surface area contributed by atoms with Crippen molar-refractivity contribution in [1.29, 1.82) is 0 Å². The Bertz CT molecular complexity index is 709. The summed E-state index contributed by atoms with van der Waals surface area (Å²) in [6.45, 7) is 1.40. The quantitative estimate of drug-likeness (QED) is 0.315. The van der Waals surface area contributed by atoms with E-state index >= 15 is 0 Å². The van der Waals surface area contributed by atoms with Gasteiger partial charge in [0.1, 0.15) is 5.75 Å². The lowest BCUT2D eigenvalue weighted by Gasteiger charge is -2.12. The number of halogens is 1. The monoisotopic (exact) mass is 501 g/mol. The molecule has 27 heavy (non-hydrogen) atoms. The van der Waals surface area contributed by atoms with Crippen molar-refractivity contribution in [2.75, 3.05) is 33.0 Å². The molecule has 2 aromatic carbocycles. The number of hydrogen-bond donors (Lipinski definition) is 2. The van der Waals surface area contributed by atoms with Crippen LogP contribution in [0.25, 0.3) is 0 Å². The van der Waals surface area contributed by atoms with Gasteiger partial charge >= 0.3 is 0 Å². The first-order valence-corrected chi connectivity index (χ1v) is 10.2. The summed E-state index contributed by atoms with van der Waals surface area (Å²) >= 11 is 0. The second kappa shape index (κ2) is 13.5. The highest BCUT2D eigenvalue weighted by Gasteiger charge is 2.03. The largest absolute Gasteiger partial charge is 0.497 e. The number of benzene rings is 2. The molecule has 0 aliphatic carbocycles. The van der Waals surface area contributed by atoms with Crippen molar-refractivity contribution in [2.45, 2.75) is 12.2 Å². The van der Waals surface area contributed by atoms with Crippen LogP contribution in [0, 0.1) is 0 Å². The molecular weight excluding hydrogens is 473 g/mol. The molecule has 0 aromatic heterocycles. The van der Waals surface area contributed by atoms with Crippen molar-refractivity contribution >= 4 is 40.7 Å². The smallest absolute Gasteiger partial charge is 0.191 e. The maximum absolute atomic E-state index is 12.1. The topological polar surface area (TPSA) is 62.7 Å². The average molecular weight is 501 g/mol.